The predicted molar refractivity (Wildman–Crippen MR) is 149 cm³/mol. The van der Waals surface area contributed by atoms with Gasteiger partial charge in [0.05, 0.1) is 12.8 Å². The molecule has 2 aliphatic rings. The first-order valence-electron chi connectivity index (χ1n) is 14.1. The monoisotopic (exact) mass is 562 g/mol. The molecule has 2 saturated heterocycles. The molecule has 0 radical (unpaired) electrons. The molecule has 0 aliphatic carbocycles. The van der Waals surface area contributed by atoms with Gasteiger partial charge in [0.1, 0.15) is 23.4 Å². The lowest BCUT2D eigenvalue weighted by molar-refractivity contribution is 0.0643. The van der Waals surface area contributed by atoms with E-state index >= 15 is 0 Å². The molecule has 216 valence electrons. The van der Waals surface area contributed by atoms with Crippen LogP contribution in [-0.2, 0) is 6.54 Å². The average Bonchev–Trinajstić information content (AvgIpc) is 3.42. The number of aromatic nitrogens is 2. The second-order valence-corrected chi connectivity index (χ2v) is 10.9. The summed E-state index contributed by atoms with van der Waals surface area (Å²) in [5.74, 6) is 0.594. The number of likely N-dealkylation sites (tertiary alicyclic amines) is 2. The first-order valence-corrected chi connectivity index (χ1v) is 14.1. The Kier molecular flexibility index (Phi) is 8.87. The van der Waals surface area contributed by atoms with Crippen LogP contribution in [-0.4, -0.2) is 76.9 Å². The summed E-state index contributed by atoms with van der Waals surface area (Å²) in [6.07, 6.45) is 2.12. The van der Waals surface area contributed by atoms with Crippen molar-refractivity contribution >= 4 is 17.5 Å². The number of carbonyl (C=O) groups is 3. The predicted octanol–water partition coefficient (Wildman–Crippen LogP) is 4.55. The van der Waals surface area contributed by atoms with E-state index in [0.29, 0.717) is 62.3 Å². The van der Waals surface area contributed by atoms with Gasteiger partial charge in [-0.3, -0.25) is 24.3 Å². The molecule has 3 aromatic rings. The molecule has 5 rings (SSSR count). The maximum atomic E-state index is 14.9. The minimum atomic E-state index is -1.12. The van der Waals surface area contributed by atoms with Gasteiger partial charge in [-0.15, -0.1) is 0 Å². The molecule has 0 saturated carbocycles. The third-order valence-electron chi connectivity index (χ3n) is 8.10. The zero-order chi connectivity index (χ0) is 28.9. The van der Waals surface area contributed by atoms with Crippen LogP contribution in [0.2, 0.25) is 0 Å². The number of halogens is 1. The van der Waals surface area contributed by atoms with Crippen LogP contribution in [0, 0.1) is 18.8 Å². The highest BCUT2D eigenvalue weighted by Gasteiger charge is 2.32. The minimum absolute atomic E-state index is 0.0759. The van der Waals surface area contributed by atoms with E-state index in [1.54, 1.807) is 48.4 Å². The molecule has 2 aliphatic heterocycles. The standard InChI is InChI=1S/C31H35FN4O5/c1-20-15-25(34-41-20)18-35-12-9-23(27(32)19-35)16-29(37)24-5-8-28(33-17-24)31(39)36-13-10-22(11-14-36)30(38)21-3-6-26(40-2)7-4-21/h3-8,15,17,22-23,27H,9-14,16,18-19H2,1-2H3/t23-,27-/m0/s1. The Hall–Kier alpha value is -3.92. The molecule has 1 aromatic carbocycles. The number of aryl methyl sites for hydroxylation is 1. The Morgan fingerprint density at radius 2 is 1.76 bits per heavy atom. The number of piperidine rings is 2. The topological polar surface area (TPSA) is 106 Å². The largest absolute Gasteiger partial charge is 0.497 e. The minimum Gasteiger partial charge on any atom is -0.497 e. The summed E-state index contributed by atoms with van der Waals surface area (Å²) in [5.41, 5.74) is 2.04. The first-order chi connectivity index (χ1) is 19.8. The van der Waals surface area contributed by atoms with Crippen molar-refractivity contribution in [1.29, 1.82) is 0 Å². The number of methoxy groups -OCH3 is 1. The van der Waals surface area contributed by atoms with Crippen LogP contribution in [0.5, 0.6) is 5.75 Å². The van der Waals surface area contributed by atoms with Crippen LogP contribution >= 0.6 is 0 Å². The molecular weight excluding hydrogens is 527 g/mol. The van der Waals surface area contributed by atoms with Crippen LogP contribution in [0.1, 0.15) is 68.3 Å². The molecule has 41 heavy (non-hydrogen) atoms. The molecule has 0 unspecified atom stereocenters. The van der Waals surface area contributed by atoms with Gasteiger partial charge < -0.3 is 14.2 Å². The third kappa shape index (κ3) is 6.87. The van der Waals surface area contributed by atoms with Crippen molar-refractivity contribution < 1.29 is 28.0 Å². The fourth-order valence-corrected chi connectivity index (χ4v) is 5.65. The van der Waals surface area contributed by atoms with Crippen molar-refractivity contribution in [3.8, 4) is 5.75 Å². The number of Topliss-reactive ketones (excluding diaryl/α,β-unsaturated/α-hetero) is 2. The van der Waals surface area contributed by atoms with Crippen LogP contribution in [0.4, 0.5) is 4.39 Å². The van der Waals surface area contributed by atoms with Crippen molar-refractivity contribution in [2.75, 3.05) is 33.3 Å². The Balaban J connectivity index is 1.09. The Morgan fingerprint density at radius 1 is 1.02 bits per heavy atom. The number of carbonyl (C=O) groups excluding carboxylic acids is 3. The Bertz CT molecular complexity index is 1370. The summed E-state index contributed by atoms with van der Waals surface area (Å²) in [4.78, 5) is 46.8. The fraction of sp³-hybridized carbons (Fsp3) is 0.452. The second-order valence-electron chi connectivity index (χ2n) is 10.9. The maximum absolute atomic E-state index is 14.9. The van der Waals surface area contributed by atoms with Crippen molar-refractivity contribution in [3.05, 3.63) is 76.9 Å². The lowest BCUT2D eigenvalue weighted by atomic mass is 9.88. The Labute approximate surface area is 238 Å². The molecule has 2 aromatic heterocycles. The van der Waals surface area contributed by atoms with Crippen LogP contribution in [0.25, 0.3) is 0 Å². The second kappa shape index (κ2) is 12.7. The van der Waals surface area contributed by atoms with E-state index < -0.39 is 6.17 Å². The first kappa shape index (κ1) is 28.6. The van der Waals surface area contributed by atoms with Crippen molar-refractivity contribution in [1.82, 2.24) is 19.9 Å². The molecule has 2 fully saturated rings. The van der Waals surface area contributed by atoms with Crippen LogP contribution in [0.3, 0.4) is 0 Å². The highest BCUT2D eigenvalue weighted by molar-refractivity contribution is 5.99. The van der Waals surface area contributed by atoms with Gasteiger partial charge in [-0.2, -0.15) is 0 Å². The summed E-state index contributed by atoms with van der Waals surface area (Å²) in [5, 5.41) is 3.97. The molecule has 0 N–H and O–H groups in total. The van der Waals surface area contributed by atoms with Gasteiger partial charge in [-0.25, -0.2) is 4.39 Å². The Morgan fingerprint density at radius 3 is 2.37 bits per heavy atom. The average molecular weight is 563 g/mol. The number of rotatable bonds is 9. The highest BCUT2D eigenvalue weighted by atomic mass is 19.1. The quantitative estimate of drug-likeness (QED) is 0.350. The van der Waals surface area contributed by atoms with Crippen molar-refractivity contribution in [2.24, 2.45) is 11.8 Å². The molecule has 9 nitrogen and oxygen atoms in total. The number of ether oxygens (including phenoxy) is 1. The van der Waals surface area contributed by atoms with Gasteiger partial charge in [0.2, 0.25) is 0 Å². The smallest absolute Gasteiger partial charge is 0.272 e. The van der Waals surface area contributed by atoms with E-state index in [2.05, 4.69) is 10.1 Å². The van der Waals surface area contributed by atoms with E-state index in [1.165, 1.54) is 6.20 Å². The normalized spacial score (nSPS) is 20.1. The van der Waals surface area contributed by atoms with Crippen LogP contribution in [0.15, 0.2) is 53.2 Å². The highest BCUT2D eigenvalue weighted by Crippen LogP contribution is 2.27. The maximum Gasteiger partial charge on any atom is 0.272 e. The zero-order valence-electron chi connectivity index (χ0n) is 23.4. The van der Waals surface area contributed by atoms with E-state index in [9.17, 15) is 18.8 Å². The molecule has 0 spiro atoms. The number of pyridine rings is 1. The number of hydrogen-bond acceptors (Lipinski definition) is 8. The number of alkyl halides is 1. The van der Waals surface area contributed by atoms with Gasteiger partial charge in [0, 0.05) is 61.9 Å². The summed E-state index contributed by atoms with van der Waals surface area (Å²) in [6, 6.07) is 12.1. The van der Waals surface area contributed by atoms with E-state index in [1.807, 2.05) is 17.9 Å². The number of ketones is 2. The molecule has 10 heteroatoms. The van der Waals surface area contributed by atoms with Gasteiger partial charge in [-0.05, 0) is 75.0 Å². The SMILES string of the molecule is COc1ccc(C(=O)C2CCN(C(=O)c3ccc(C(=O)C[C@@H]4CCN(Cc5cc(C)on5)C[C@@H]4F)cn3)CC2)cc1. The van der Waals surface area contributed by atoms with Gasteiger partial charge >= 0.3 is 0 Å². The summed E-state index contributed by atoms with van der Waals surface area (Å²) < 4.78 is 25.2. The summed E-state index contributed by atoms with van der Waals surface area (Å²) in [6.45, 7) is 4.19. The number of benzene rings is 1. The fourth-order valence-electron chi connectivity index (χ4n) is 5.65. The number of nitrogens with zero attached hydrogens (tertiary/aromatic N) is 4. The number of hydrogen-bond donors (Lipinski definition) is 0. The van der Waals surface area contributed by atoms with E-state index in [0.717, 1.165) is 11.5 Å². The van der Waals surface area contributed by atoms with Gasteiger partial charge in [-0.1, -0.05) is 5.16 Å². The molecule has 4 heterocycles. The van der Waals surface area contributed by atoms with E-state index in [-0.39, 0.29) is 48.0 Å². The van der Waals surface area contributed by atoms with Gasteiger partial charge in [0.15, 0.2) is 11.6 Å². The summed E-state index contributed by atoms with van der Waals surface area (Å²) >= 11 is 0. The van der Waals surface area contributed by atoms with Crippen molar-refractivity contribution in [2.45, 2.75) is 45.3 Å². The molecule has 2 atom stereocenters. The zero-order valence-corrected chi connectivity index (χ0v) is 23.4. The lowest BCUT2D eigenvalue weighted by Crippen LogP contribution is -2.42. The van der Waals surface area contributed by atoms with E-state index in [4.69, 9.17) is 9.26 Å². The number of amides is 1. The molecule has 0 bridgehead atoms. The summed E-state index contributed by atoms with van der Waals surface area (Å²) in [7, 11) is 1.58. The third-order valence-corrected chi connectivity index (χ3v) is 8.10. The van der Waals surface area contributed by atoms with Crippen molar-refractivity contribution in [3.63, 3.8) is 0 Å². The molecule has 1 amide bonds. The lowest BCUT2D eigenvalue weighted by Gasteiger charge is -2.34. The van der Waals surface area contributed by atoms with Crippen LogP contribution < -0.4 is 4.74 Å². The van der Waals surface area contributed by atoms with Gasteiger partial charge in [0.25, 0.3) is 5.91 Å². The molecular formula is C31H35FN4O5.